The zero-order valence-corrected chi connectivity index (χ0v) is 46.4. The highest BCUT2D eigenvalue weighted by atomic mass is 127. The predicted octanol–water partition coefficient (Wildman–Crippen LogP) is 18.9. The molecule has 0 aliphatic heterocycles. The largest absolute Gasteiger partial charge is 0.396 e. The van der Waals surface area contributed by atoms with Gasteiger partial charge in [-0.3, -0.25) is 4.39 Å². The topological polar surface area (TPSA) is 57.5 Å². The average molecular weight is 1070 g/mol. The number of hydrogen-bond acceptors (Lipinski definition) is 3. The van der Waals surface area contributed by atoms with Crippen molar-refractivity contribution >= 4 is 47.1 Å². The van der Waals surface area contributed by atoms with Gasteiger partial charge in [-0.2, -0.15) is 0 Å². The zero-order chi connectivity index (χ0) is 52.0. The molecule has 3 aliphatic rings. The maximum Gasteiger partial charge on any atom is 0.120 e. The van der Waals surface area contributed by atoms with E-state index in [0.29, 0.717) is 23.9 Å². The van der Waals surface area contributed by atoms with Gasteiger partial charge < -0.3 is 15.0 Å². The van der Waals surface area contributed by atoms with Gasteiger partial charge in [0.25, 0.3) is 0 Å². The molecule has 0 fully saturated rings. The number of hydrogen-bond donors (Lipinski definition) is 2. The molecule has 3 aromatic carbocycles. The predicted molar refractivity (Wildman–Crippen MR) is 315 cm³/mol. The summed E-state index contributed by atoms with van der Waals surface area (Å²) in [6.07, 6.45) is 34.8. The average Bonchev–Trinajstić information content (AvgIpc) is 3.31. The van der Waals surface area contributed by atoms with Gasteiger partial charge in [-0.15, -0.1) is 6.58 Å². The van der Waals surface area contributed by atoms with Crippen LogP contribution in [0.4, 0.5) is 4.39 Å². The number of aliphatic hydroxyl groups is 2. The van der Waals surface area contributed by atoms with Crippen molar-refractivity contribution in [2.75, 3.05) is 20.4 Å². The summed E-state index contributed by atoms with van der Waals surface area (Å²) in [6, 6.07) is 26.1. The van der Waals surface area contributed by atoms with Crippen LogP contribution < -0.4 is 0 Å². The molecule has 0 radical (unpaired) electrons. The van der Waals surface area contributed by atoms with Gasteiger partial charge in [0.15, 0.2) is 0 Å². The van der Waals surface area contributed by atoms with Gasteiger partial charge >= 0.3 is 0 Å². The standard InChI is InChI=1S/C23H34O.C20H26O.C17H21I.C3H6O.CH3F.CH4/c1-19-10-9-16-23(2,3)22(19)15-14-21-13-8-12-20(18-21)11-6-4-5-7-17-24;1-16-7-5-13-20(2,3)19(16)12-11-18-9-4-8-17(15-18)10-6-14-21;1-13-6-5-11-17(2,3)16(13)10-9-14-7-4-8-15(18)12-14;1-2-3-4;1-2;/h8,12-15,18,24H,4-7,9-11,16-17H2,1-3H3;4,8-9,11-12,14-15H,5-7,10,13H2,1-3H3;4,7-10,12H,5-6,11H2,1-3H3;2,4H,1,3H2;1H3;1H4/b15-14+;;;;;/i;;;;1D;. The van der Waals surface area contributed by atoms with Gasteiger partial charge in [-0.25, -0.2) is 0 Å². The van der Waals surface area contributed by atoms with Crippen molar-refractivity contribution in [3.05, 3.63) is 169 Å². The van der Waals surface area contributed by atoms with Crippen molar-refractivity contribution in [1.82, 2.24) is 0 Å². The van der Waals surface area contributed by atoms with Crippen LogP contribution in [0.25, 0.3) is 18.2 Å². The Balaban J connectivity index is 0.000000499. The van der Waals surface area contributed by atoms with Crippen LogP contribution in [0.5, 0.6) is 0 Å². The van der Waals surface area contributed by atoms with Crippen molar-refractivity contribution in [3.8, 4) is 0 Å². The zero-order valence-electron chi connectivity index (χ0n) is 45.2. The fourth-order valence-corrected chi connectivity index (χ4v) is 10.5. The minimum atomic E-state index is -1.00. The molecule has 6 rings (SSSR count). The number of unbranched alkanes of at least 4 members (excludes halogenated alkanes) is 3. The maximum absolute atomic E-state index is 10.5. The Kier molecular flexibility index (Phi) is 30.6. The number of aryl methyl sites for hydroxylation is 2. The molecule has 0 amide bonds. The molecule has 0 unspecified atom stereocenters. The lowest BCUT2D eigenvalue weighted by Gasteiger charge is -2.32. The first kappa shape index (κ1) is 62.2. The highest BCUT2D eigenvalue weighted by Crippen LogP contribution is 2.43. The summed E-state index contributed by atoms with van der Waals surface area (Å²) in [5.74, 6) is 0. The van der Waals surface area contributed by atoms with E-state index in [2.05, 4.69) is 201 Å². The third-order valence-electron chi connectivity index (χ3n) is 13.8. The summed E-state index contributed by atoms with van der Waals surface area (Å²) in [6.45, 7) is 24.6. The molecule has 0 saturated carbocycles. The first-order valence-electron chi connectivity index (χ1n) is 26.3. The Morgan fingerprint density at radius 3 is 1.34 bits per heavy atom. The Morgan fingerprint density at radius 1 is 0.614 bits per heavy atom. The molecule has 3 aliphatic carbocycles. The van der Waals surface area contributed by atoms with Gasteiger partial charge in [0, 0.05) is 16.6 Å². The van der Waals surface area contributed by atoms with E-state index in [-0.39, 0.29) is 19.4 Å². The van der Waals surface area contributed by atoms with Gasteiger partial charge in [0.1, 0.15) is 6.29 Å². The SMILES string of the molecule is C.C=CCO.CC1=C(/C=C/c2cccc(CCCCCCO)c2)C(C)(C)CCC1.CC1=C(C=Cc2cccc(CCC=O)c2)C(C)(C)CCC1.CC1=C(C=Cc2cccc(I)c2)C(C)(C)CCC1.[2H]CF. The monoisotopic (exact) mass is 1070 g/mol. The third kappa shape index (κ3) is 23.5. The Labute approximate surface area is 442 Å². The number of carbonyl (C=O) groups is 1. The molecule has 0 saturated heterocycles. The van der Waals surface area contributed by atoms with E-state index in [1.807, 2.05) is 0 Å². The summed E-state index contributed by atoms with van der Waals surface area (Å²) in [4.78, 5) is 10.5. The summed E-state index contributed by atoms with van der Waals surface area (Å²) in [7, 11) is -1.00. The van der Waals surface area contributed by atoms with Crippen molar-refractivity contribution in [3.63, 3.8) is 0 Å². The number of carbonyl (C=O) groups excluding carboxylic acids is 1. The molecule has 70 heavy (non-hydrogen) atoms. The highest BCUT2D eigenvalue weighted by Gasteiger charge is 2.28. The van der Waals surface area contributed by atoms with Crippen LogP contribution in [0, 0.1) is 19.8 Å². The second kappa shape index (κ2) is 34.5. The van der Waals surface area contributed by atoms with Crippen LogP contribution >= 0.6 is 22.6 Å². The van der Waals surface area contributed by atoms with Crippen LogP contribution in [0.2, 0.25) is 0 Å². The van der Waals surface area contributed by atoms with Crippen LogP contribution in [0.15, 0.2) is 137 Å². The number of rotatable bonds is 16. The van der Waals surface area contributed by atoms with Crippen LogP contribution in [-0.2, 0) is 17.6 Å². The Bertz CT molecular complexity index is 2220. The van der Waals surface area contributed by atoms with Crippen LogP contribution in [-0.4, -0.2) is 36.9 Å². The Morgan fingerprint density at radius 2 is 0.986 bits per heavy atom. The van der Waals surface area contributed by atoms with Crippen molar-refractivity contribution < 1.29 is 20.8 Å². The minimum absolute atomic E-state index is 0. The Hall–Kier alpha value is -3.91. The van der Waals surface area contributed by atoms with Crippen molar-refractivity contribution in [1.29, 1.82) is 0 Å². The van der Waals surface area contributed by atoms with Crippen molar-refractivity contribution in [2.24, 2.45) is 16.2 Å². The summed E-state index contributed by atoms with van der Waals surface area (Å²) >= 11 is 2.36. The number of benzene rings is 3. The lowest BCUT2D eigenvalue weighted by molar-refractivity contribution is -0.107. The molecule has 3 nitrogen and oxygen atoms in total. The molecule has 0 bridgehead atoms. The van der Waals surface area contributed by atoms with Crippen molar-refractivity contribution in [2.45, 2.75) is 172 Å². The molecule has 0 spiro atoms. The van der Waals surface area contributed by atoms with Gasteiger partial charge in [0.05, 0.1) is 15.1 Å². The van der Waals surface area contributed by atoms with E-state index in [4.69, 9.17) is 11.6 Å². The molecule has 0 heterocycles. The smallest absolute Gasteiger partial charge is 0.120 e. The first-order chi connectivity index (χ1) is 33.4. The fourth-order valence-electron chi connectivity index (χ4n) is 9.90. The molecule has 0 aromatic heterocycles. The quantitative estimate of drug-likeness (QED) is 0.0650. The van der Waals surface area contributed by atoms with Gasteiger partial charge in [0.2, 0.25) is 0 Å². The van der Waals surface area contributed by atoms with E-state index in [9.17, 15) is 9.18 Å². The van der Waals surface area contributed by atoms with Gasteiger partial charge in [-0.05, 0) is 200 Å². The molecular formula is C65H94FIO3. The van der Waals surface area contributed by atoms with E-state index >= 15 is 0 Å². The van der Waals surface area contributed by atoms with E-state index < -0.39 is 7.15 Å². The summed E-state index contributed by atoms with van der Waals surface area (Å²) in [5, 5.41) is 16.6. The maximum atomic E-state index is 10.5. The molecule has 0 atom stereocenters. The number of aldehydes is 1. The molecular weight excluding hydrogens is 975 g/mol. The molecule has 5 heteroatoms. The minimum Gasteiger partial charge on any atom is -0.396 e. The summed E-state index contributed by atoms with van der Waals surface area (Å²) in [5.41, 5.74) is 16.6. The fraction of sp³-hybridized carbons (Fsp3) is 0.492. The molecule has 2 N–H and O–H groups in total. The van der Waals surface area contributed by atoms with E-state index in [1.54, 1.807) is 11.1 Å². The highest BCUT2D eigenvalue weighted by molar-refractivity contribution is 14.1. The molecule has 3 aromatic rings. The number of allylic oxidation sites excluding steroid dienone is 9. The number of halogens is 2. The first-order valence-corrected chi connectivity index (χ1v) is 26.7. The number of alkyl halides is 1. The number of aliphatic hydroxyl groups excluding tert-OH is 2. The van der Waals surface area contributed by atoms with Gasteiger partial charge in [-0.1, -0.05) is 182 Å². The second-order valence-corrected chi connectivity index (χ2v) is 22.1. The summed E-state index contributed by atoms with van der Waals surface area (Å²) < 4.78 is 16.8. The lowest BCUT2D eigenvalue weighted by Crippen LogP contribution is -2.18. The second-order valence-electron chi connectivity index (χ2n) is 20.9. The lowest BCUT2D eigenvalue weighted by atomic mass is 9.72. The van der Waals surface area contributed by atoms with E-state index in [1.165, 1.54) is 130 Å². The van der Waals surface area contributed by atoms with Crippen LogP contribution in [0.3, 0.4) is 0 Å². The molecule has 386 valence electrons. The van der Waals surface area contributed by atoms with Crippen LogP contribution in [0.1, 0.15) is 189 Å². The third-order valence-corrected chi connectivity index (χ3v) is 14.4. The normalized spacial score (nSPS) is 17.2. The van der Waals surface area contributed by atoms with E-state index in [0.717, 1.165) is 32.0 Å².